The van der Waals surface area contributed by atoms with E-state index < -0.39 is 0 Å². The molecule has 0 N–H and O–H groups in total. The van der Waals surface area contributed by atoms with Crippen LogP contribution >= 0.6 is 15.9 Å². The molecule has 0 amide bonds. The molecule has 0 saturated carbocycles. The molecule has 0 bridgehead atoms. The van der Waals surface area contributed by atoms with Crippen LogP contribution in [0.3, 0.4) is 0 Å². The molecule has 1 fully saturated rings. The van der Waals surface area contributed by atoms with E-state index in [1.807, 2.05) is 6.07 Å². The summed E-state index contributed by atoms with van der Waals surface area (Å²) in [4.78, 5) is 0. The predicted molar refractivity (Wildman–Crippen MR) is 66.3 cm³/mol. The Hall–Kier alpha value is -0.340. The van der Waals surface area contributed by atoms with E-state index in [-0.39, 0.29) is 11.2 Å². The molecule has 2 heteroatoms. The van der Waals surface area contributed by atoms with Crippen molar-refractivity contribution in [1.29, 1.82) is 0 Å². The largest absolute Gasteiger partial charge is 0.364 e. The van der Waals surface area contributed by atoms with Crippen molar-refractivity contribution >= 4 is 15.9 Å². The van der Waals surface area contributed by atoms with Crippen LogP contribution in [0.1, 0.15) is 32.3 Å². The van der Waals surface area contributed by atoms with E-state index in [2.05, 4.69) is 54.0 Å². The first-order valence-corrected chi connectivity index (χ1v) is 6.52. The topological polar surface area (TPSA) is 9.23 Å². The van der Waals surface area contributed by atoms with Crippen LogP contribution in [0.5, 0.6) is 0 Å². The van der Waals surface area contributed by atoms with Gasteiger partial charge in [-0.3, -0.25) is 0 Å². The Morgan fingerprint density at radius 1 is 1.20 bits per heavy atom. The van der Waals surface area contributed by atoms with Crippen molar-refractivity contribution in [1.82, 2.24) is 0 Å². The van der Waals surface area contributed by atoms with E-state index in [0.29, 0.717) is 0 Å². The summed E-state index contributed by atoms with van der Waals surface area (Å²) < 4.78 is 6.22. The summed E-state index contributed by atoms with van der Waals surface area (Å²) in [6.07, 6.45) is 2.21. The second kappa shape index (κ2) is 3.91. The zero-order chi connectivity index (χ0) is 10.9. The molecule has 82 valence electrons. The van der Waals surface area contributed by atoms with Crippen molar-refractivity contribution < 1.29 is 4.74 Å². The second-order valence-corrected chi connectivity index (χ2v) is 5.34. The lowest BCUT2D eigenvalue weighted by Crippen LogP contribution is -2.30. The van der Waals surface area contributed by atoms with E-state index in [0.717, 1.165) is 18.2 Å². The zero-order valence-electron chi connectivity index (χ0n) is 9.29. The molecule has 2 unspecified atom stereocenters. The van der Waals surface area contributed by atoms with Gasteiger partial charge in [0.25, 0.3) is 0 Å². The SMILES string of the molecule is CC1(CBr)CCC(C)(c2ccccc2)O1. The van der Waals surface area contributed by atoms with E-state index in [9.17, 15) is 0 Å². The third-order valence-electron chi connectivity index (χ3n) is 3.27. The van der Waals surface area contributed by atoms with Crippen LogP contribution in [-0.4, -0.2) is 10.9 Å². The Kier molecular flexibility index (Phi) is 2.91. The second-order valence-electron chi connectivity index (χ2n) is 4.78. The van der Waals surface area contributed by atoms with Crippen LogP contribution in [0, 0.1) is 0 Å². The highest BCUT2D eigenvalue weighted by molar-refractivity contribution is 9.09. The molecule has 2 atom stereocenters. The molecular formula is C13H17BrO. The lowest BCUT2D eigenvalue weighted by atomic mass is 9.92. The van der Waals surface area contributed by atoms with Gasteiger partial charge in [0.2, 0.25) is 0 Å². The molecule has 1 aromatic carbocycles. The average molecular weight is 269 g/mol. The van der Waals surface area contributed by atoms with Gasteiger partial charge in [0.1, 0.15) is 0 Å². The summed E-state index contributed by atoms with van der Waals surface area (Å²) in [5.74, 6) is 0. The van der Waals surface area contributed by atoms with Gasteiger partial charge in [-0.25, -0.2) is 0 Å². The van der Waals surface area contributed by atoms with Crippen LogP contribution in [0.2, 0.25) is 0 Å². The van der Waals surface area contributed by atoms with Crippen molar-refractivity contribution in [3.63, 3.8) is 0 Å². The van der Waals surface area contributed by atoms with Crippen LogP contribution < -0.4 is 0 Å². The number of alkyl halides is 1. The summed E-state index contributed by atoms with van der Waals surface area (Å²) in [6, 6.07) is 10.5. The van der Waals surface area contributed by atoms with E-state index in [1.165, 1.54) is 5.56 Å². The number of ether oxygens (including phenoxy) is 1. The predicted octanol–water partition coefficient (Wildman–Crippen LogP) is 3.87. The Balaban J connectivity index is 2.24. The fraction of sp³-hybridized carbons (Fsp3) is 0.538. The van der Waals surface area contributed by atoms with Crippen molar-refractivity contribution in [3.8, 4) is 0 Å². The summed E-state index contributed by atoms with van der Waals surface area (Å²) in [5.41, 5.74) is 1.17. The summed E-state index contributed by atoms with van der Waals surface area (Å²) in [7, 11) is 0. The van der Waals surface area contributed by atoms with Gasteiger partial charge in [0, 0.05) is 5.33 Å². The van der Waals surface area contributed by atoms with Crippen molar-refractivity contribution in [2.45, 2.75) is 37.9 Å². The number of benzene rings is 1. The van der Waals surface area contributed by atoms with Crippen molar-refractivity contribution in [3.05, 3.63) is 35.9 Å². The molecule has 1 aliphatic heterocycles. The molecule has 1 saturated heterocycles. The maximum atomic E-state index is 6.22. The first kappa shape index (κ1) is 11.2. The lowest BCUT2D eigenvalue weighted by Gasteiger charge is -2.29. The highest BCUT2D eigenvalue weighted by Gasteiger charge is 2.43. The Labute approximate surface area is 100.0 Å². The number of hydrogen-bond acceptors (Lipinski definition) is 1. The zero-order valence-corrected chi connectivity index (χ0v) is 10.9. The first-order valence-electron chi connectivity index (χ1n) is 5.40. The molecule has 0 radical (unpaired) electrons. The van der Waals surface area contributed by atoms with Crippen LogP contribution in [-0.2, 0) is 10.3 Å². The van der Waals surface area contributed by atoms with E-state index in [4.69, 9.17) is 4.74 Å². The molecule has 1 nitrogen and oxygen atoms in total. The minimum atomic E-state index is -0.107. The summed E-state index contributed by atoms with van der Waals surface area (Å²) >= 11 is 3.53. The molecular weight excluding hydrogens is 252 g/mol. The minimum Gasteiger partial charge on any atom is -0.364 e. The molecule has 1 heterocycles. The van der Waals surface area contributed by atoms with Gasteiger partial charge in [0.05, 0.1) is 11.2 Å². The fourth-order valence-corrected chi connectivity index (χ4v) is 2.63. The lowest BCUT2D eigenvalue weighted by molar-refractivity contribution is -0.0760. The number of rotatable bonds is 2. The van der Waals surface area contributed by atoms with Crippen molar-refractivity contribution in [2.24, 2.45) is 0 Å². The van der Waals surface area contributed by atoms with E-state index >= 15 is 0 Å². The van der Waals surface area contributed by atoms with E-state index in [1.54, 1.807) is 0 Å². The normalized spacial score (nSPS) is 35.7. The smallest absolute Gasteiger partial charge is 0.0912 e. The van der Waals surface area contributed by atoms with Crippen LogP contribution in [0.25, 0.3) is 0 Å². The summed E-state index contributed by atoms with van der Waals surface area (Å²) in [5, 5.41) is 0.905. The van der Waals surface area contributed by atoms with Gasteiger partial charge in [-0.1, -0.05) is 46.3 Å². The quantitative estimate of drug-likeness (QED) is 0.741. The maximum absolute atomic E-state index is 6.22. The Bertz CT molecular complexity index is 338. The molecule has 1 aliphatic rings. The number of hydrogen-bond donors (Lipinski definition) is 0. The van der Waals surface area contributed by atoms with Gasteiger partial charge in [-0.05, 0) is 32.3 Å². The fourth-order valence-electron chi connectivity index (χ4n) is 2.24. The molecule has 15 heavy (non-hydrogen) atoms. The Morgan fingerprint density at radius 3 is 2.40 bits per heavy atom. The average Bonchev–Trinajstić information content (AvgIpc) is 2.59. The number of halogens is 1. The Morgan fingerprint density at radius 2 is 1.87 bits per heavy atom. The van der Waals surface area contributed by atoms with Crippen LogP contribution in [0.4, 0.5) is 0 Å². The van der Waals surface area contributed by atoms with Gasteiger partial charge >= 0.3 is 0 Å². The van der Waals surface area contributed by atoms with Gasteiger partial charge in [-0.2, -0.15) is 0 Å². The monoisotopic (exact) mass is 268 g/mol. The van der Waals surface area contributed by atoms with Gasteiger partial charge in [-0.15, -0.1) is 0 Å². The van der Waals surface area contributed by atoms with Gasteiger partial charge < -0.3 is 4.74 Å². The molecule has 2 rings (SSSR count). The molecule has 1 aromatic rings. The maximum Gasteiger partial charge on any atom is 0.0912 e. The third kappa shape index (κ3) is 2.11. The van der Waals surface area contributed by atoms with Crippen LogP contribution in [0.15, 0.2) is 30.3 Å². The minimum absolute atomic E-state index is 0.00933. The highest BCUT2D eigenvalue weighted by Crippen LogP contribution is 2.44. The third-order valence-corrected chi connectivity index (χ3v) is 4.46. The molecule has 0 aliphatic carbocycles. The highest BCUT2D eigenvalue weighted by atomic mass is 79.9. The molecule has 0 aromatic heterocycles. The van der Waals surface area contributed by atoms with Gasteiger partial charge in [0.15, 0.2) is 0 Å². The first-order chi connectivity index (χ1) is 7.08. The standard InChI is InChI=1S/C13H17BrO/c1-12(10-14)8-9-13(2,15-12)11-6-4-3-5-7-11/h3-7H,8-10H2,1-2H3. The summed E-state index contributed by atoms with van der Waals surface area (Å²) in [6.45, 7) is 4.37. The molecule has 0 spiro atoms. The van der Waals surface area contributed by atoms with Crippen molar-refractivity contribution in [2.75, 3.05) is 5.33 Å².